The van der Waals surface area contributed by atoms with Crippen molar-refractivity contribution in [3.63, 3.8) is 0 Å². The molecular weight excluding hydrogens is 335 g/mol. The van der Waals surface area contributed by atoms with Crippen molar-refractivity contribution >= 4 is 28.9 Å². The number of aryl methyl sites for hydroxylation is 1. The molecule has 8 heteroatoms. The fourth-order valence-electron chi connectivity index (χ4n) is 2.18. The Morgan fingerprint density at radius 1 is 1.04 bits per heavy atom. The van der Waals surface area contributed by atoms with E-state index in [0.717, 1.165) is 5.56 Å². The Morgan fingerprint density at radius 3 is 2.46 bits per heavy atom. The van der Waals surface area contributed by atoms with Gasteiger partial charge in [-0.05, 0) is 31.2 Å². The average molecular weight is 352 g/mol. The molecule has 7 nitrogen and oxygen atoms in total. The molecule has 1 aromatic heterocycles. The molecule has 0 atom stereocenters. The molecule has 0 aliphatic rings. The van der Waals surface area contributed by atoms with Crippen LogP contribution < -0.4 is 21.9 Å². The third kappa shape index (κ3) is 3.86. The fourth-order valence-corrected chi connectivity index (χ4v) is 2.18. The molecule has 26 heavy (non-hydrogen) atoms. The molecule has 0 fully saturated rings. The van der Waals surface area contributed by atoms with Crippen LogP contribution in [0.3, 0.4) is 0 Å². The lowest BCUT2D eigenvalue weighted by Crippen LogP contribution is -2.30. The van der Waals surface area contributed by atoms with Crippen molar-refractivity contribution < 1.29 is 9.18 Å². The Balaban J connectivity index is 1.72. The van der Waals surface area contributed by atoms with E-state index in [2.05, 4.69) is 26.1 Å². The number of rotatable bonds is 5. The minimum atomic E-state index is -0.437. The number of carbonyl (C=O) groups excluding carboxylic acids is 1. The van der Waals surface area contributed by atoms with Crippen LogP contribution in [0, 0.1) is 12.7 Å². The normalized spacial score (nSPS) is 10.2. The molecule has 0 aliphatic carbocycles. The number of hydrogen-bond acceptors (Lipinski definition) is 6. The highest BCUT2D eigenvalue weighted by Gasteiger charge is 2.11. The van der Waals surface area contributed by atoms with Crippen molar-refractivity contribution in [1.29, 1.82) is 0 Å². The third-order valence-corrected chi connectivity index (χ3v) is 3.62. The van der Waals surface area contributed by atoms with Crippen molar-refractivity contribution in [3.05, 3.63) is 71.8 Å². The molecular formula is C18H17FN6O. The van der Waals surface area contributed by atoms with E-state index < -0.39 is 5.82 Å². The summed E-state index contributed by atoms with van der Waals surface area (Å²) in [5, 5.41) is 2.80. The molecule has 0 bridgehead atoms. The Kier molecular flexibility index (Phi) is 4.93. The molecule has 0 radical (unpaired) electrons. The van der Waals surface area contributed by atoms with E-state index in [1.807, 2.05) is 19.1 Å². The molecule has 1 amide bonds. The zero-order valence-corrected chi connectivity index (χ0v) is 14.0. The van der Waals surface area contributed by atoms with Gasteiger partial charge in [-0.2, -0.15) is 0 Å². The quantitative estimate of drug-likeness (QED) is 0.526. The second kappa shape index (κ2) is 7.47. The summed E-state index contributed by atoms with van der Waals surface area (Å²) in [7, 11) is 0. The molecule has 5 N–H and O–H groups in total. The maximum absolute atomic E-state index is 13.8. The number of amides is 1. The van der Waals surface area contributed by atoms with Gasteiger partial charge >= 0.3 is 0 Å². The maximum atomic E-state index is 13.8. The summed E-state index contributed by atoms with van der Waals surface area (Å²) in [6.45, 7) is 1.94. The van der Waals surface area contributed by atoms with Gasteiger partial charge in [-0.1, -0.05) is 29.8 Å². The summed E-state index contributed by atoms with van der Waals surface area (Å²) in [5.74, 6) is -0.365. The Labute approximate surface area is 149 Å². The van der Waals surface area contributed by atoms with E-state index in [1.54, 1.807) is 30.3 Å². The van der Waals surface area contributed by atoms with Gasteiger partial charge in [0.2, 0.25) is 0 Å². The van der Waals surface area contributed by atoms with Crippen LogP contribution in [0.4, 0.5) is 27.4 Å². The van der Waals surface area contributed by atoms with Gasteiger partial charge in [0, 0.05) is 5.56 Å². The number of aromatic nitrogens is 2. The average Bonchev–Trinajstić information content (AvgIpc) is 2.64. The van der Waals surface area contributed by atoms with Gasteiger partial charge in [-0.3, -0.25) is 15.6 Å². The van der Waals surface area contributed by atoms with Crippen LogP contribution in [0.5, 0.6) is 0 Å². The van der Waals surface area contributed by atoms with E-state index >= 15 is 0 Å². The van der Waals surface area contributed by atoms with Crippen LogP contribution in [-0.4, -0.2) is 15.9 Å². The van der Waals surface area contributed by atoms with Crippen molar-refractivity contribution in [2.24, 2.45) is 0 Å². The Bertz CT molecular complexity index is 929. The lowest BCUT2D eigenvalue weighted by molar-refractivity contribution is 0.0962. The fraction of sp³-hybridized carbons (Fsp3) is 0.0556. The molecule has 3 aromatic rings. The molecule has 0 saturated heterocycles. The predicted octanol–water partition coefficient (Wildman–Crippen LogP) is 3.01. The summed E-state index contributed by atoms with van der Waals surface area (Å²) < 4.78 is 13.8. The number of benzene rings is 2. The number of halogens is 1. The highest BCUT2D eigenvalue weighted by atomic mass is 19.1. The smallest absolute Gasteiger partial charge is 0.269 e. The summed E-state index contributed by atoms with van der Waals surface area (Å²) in [6, 6.07) is 13.2. The minimum absolute atomic E-state index is 0.139. The van der Waals surface area contributed by atoms with Gasteiger partial charge in [-0.25, -0.2) is 14.4 Å². The number of nitrogens with one attached hydrogen (secondary N) is 3. The minimum Gasteiger partial charge on any atom is -0.393 e. The van der Waals surface area contributed by atoms with Gasteiger partial charge in [0.1, 0.15) is 17.8 Å². The summed E-state index contributed by atoms with van der Waals surface area (Å²) in [5.41, 5.74) is 13.1. The van der Waals surface area contributed by atoms with Crippen molar-refractivity contribution in [2.45, 2.75) is 6.92 Å². The molecule has 1 heterocycles. The predicted molar refractivity (Wildman–Crippen MR) is 98.4 cm³/mol. The Morgan fingerprint density at radius 2 is 1.73 bits per heavy atom. The van der Waals surface area contributed by atoms with Gasteiger partial charge in [0.25, 0.3) is 5.91 Å². The SMILES string of the molecule is Cc1ccc(C(=O)NNc2ncnc(Nc3ccccc3F)c2N)cc1. The molecule has 132 valence electrons. The number of carbonyl (C=O) groups is 1. The van der Waals surface area contributed by atoms with Crippen molar-refractivity contribution in [3.8, 4) is 0 Å². The van der Waals surface area contributed by atoms with E-state index in [4.69, 9.17) is 5.73 Å². The highest BCUT2D eigenvalue weighted by Crippen LogP contribution is 2.26. The first-order valence-electron chi connectivity index (χ1n) is 7.79. The topological polar surface area (TPSA) is 105 Å². The summed E-state index contributed by atoms with van der Waals surface area (Å²) in [4.78, 5) is 20.1. The van der Waals surface area contributed by atoms with E-state index in [-0.39, 0.29) is 28.9 Å². The van der Waals surface area contributed by atoms with E-state index in [9.17, 15) is 9.18 Å². The van der Waals surface area contributed by atoms with Crippen LogP contribution in [0.1, 0.15) is 15.9 Å². The number of anilines is 4. The first-order chi connectivity index (χ1) is 12.5. The third-order valence-electron chi connectivity index (χ3n) is 3.62. The molecule has 0 aliphatic heterocycles. The molecule has 2 aromatic carbocycles. The van der Waals surface area contributed by atoms with Crippen LogP contribution >= 0.6 is 0 Å². The van der Waals surface area contributed by atoms with Crippen LogP contribution in [-0.2, 0) is 0 Å². The monoisotopic (exact) mass is 352 g/mol. The number of hydrogen-bond donors (Lipinski definition) is 4. The second-order valence-electron chi connectivity index (χ2n) is 5.53. The molecule has 0 unspecified atom stereocenters. The van der Waals surface area contributed by atoms with Crippen LogP contribution in [0.2, 0.25) is 0 Å². The maximum Gasteiger partial charge on any atom is 0.269 e. The number of nitrogen functional groups attached to an aromatic ring is 1. The lowest BCUT2D eigenvalue weighted by Gasteiger charge is -2.13. The standard InChI is InChI=1S/C18H17FN6O/c1-11-6-8-12(9-7-11)18(26)25-24-17-15(20)16(21-10-22-17)23-14-5-3-2-4-13(14)19/h2-10H,20H2,1H3,(H,25,26)(H2,21,22,23,24). The lowest BCUT2D eigenvalue weighted by atomic mass is 10.1. The zero-order chi connectivity index (χ0) is 18.5. The Hall–Kier alpha value is -3.68. The second-order valence-corrected chi connectivity index (χ2v) is 5.53. The zero-order valence-electron chi connectivity index (χ0n) is 14.0. The van der Waals surface area contributed by atoms with E-state index in [0.29, 0.717) is 5.56 Å². The van der Waals surface area contributed by atoms with Gasteiger partial charge in [-0.15, -0.1) is 0 Å². The van der Waals surface area contributed by atoms with Crippen LogP contribution in [0.25, 0.3) is 0 Å². The number of nitrogens with two attached hydrogens (primary N) is 1. The van der Waals surface area contributed by atoms with Crippen molar-refractivity contribution in [1.82, 2.24) is 15.4 Å². The van der Waals surface area contributed by atoms with Gasteiger partial charge in [0.05, 0.1) is 5.69 Å². The first-order valence-corrected chi connectivity index (χ1v) is 7.79. The number of hydrazine groups is 1. The van der Waals surface area contributed by atoms with Crippen molar-refractivity contribution in [2.75, 3.05) is 16.5 Å². The summed E-state index contributed by atoms with van der Waals surface area (Å²) in [6.07, 6.45) is 1.25. The number of para-hydroxylation sites is 1. The molecule has 0 spiro atoms. The van der Waals surface area contributed by atoms with E-state index in [1.165, 1.54) is 12.4 Å². The number of nitrogens with zero attached hydrogens (tertiary/aromatic N) is 2. The van der Waals surface area contributed by atoms with Gasteiger partial charge < -0.3 is 11.1 Å². The molecule has 0 saturated carbocycles. The highest BCUT2D eigenvalue weighted by molar-refractivity contribution is 5.95. The first kappa shape index (κ1) is 17.2. The summed E-state index contributed by atoms with van der Waals surface area (Å²) >= 11 is 0. The largest absolute Gasteiger partial charge is 0.393 e. The molecule has 3 rings (SSSR count). The van der Waals surface area contributed by atoms with Gasteiger partial charge in [0.15, 0.2) is 11.6 Å². The van der Waals surface area contributed by atoms with Crippen LogP contribution in [0.15, 0.2) is 54.9 Å².